The Bertz CT molecular complexity index is 1040. The van der Waals surface area contributed by atoms with Crippen LogP contribution in [-0.4, -0.2) is 16.9 Å². The SMILES string of the molecule is CCCCC(CC)Cc1cc(-c2ccccc2)ccc1C(=O)c1ccccc1C(=O)O. The van der Waals surface area contributed by atoms with E-state index in [0.29, 0.717) is 11.5 Å². The van der Waals surface area contributed by atoms with Crippen LogP contribution in [0.1, 0.15) is 71.4 Å². The Labute approximate surface area is 184 Å². The van der Waals surface area contributed by atoms with E-state index in [1.807, 2.05) is 30.3 Å². The summed E-state index contributed by atoms with van der Waals surface area (Å²) in [5.74, 6) is -0.814. The number of hydrogen-bond acceptors (Lipinski definition) is 2. The Hall–Kier alpha value is -3.20. The number of unbranched alkanes of at least 4 members (excludes halogenated alkanes) is 1. The highest BCUT2D eigenvalue weighted by Gasteiger charge is 2.21. The van der Waals surface area contributed by atoms with Crippen LogP contribution in [0, 0.1) is 5.92 Å². The molecule has 0 aliphatic carbocycles. The van der Waals surface area contributed by atoms with Crippen LogP contribution in [0.25, 0.3) is 11.1 Å². The topological polar surface area (TPSA) is 54.4 Å². The molecule has 0 saturated heterocycles. The zero-order valence-electron chi connectivity index (χ0n) is 18.3. The molecule has 1 N–H and O–H groups in total. The van der Waals surface area contributed by atoms with Crippen LogP contribution in [0.5, 0.6) is 0 Å². The number of carboxylic acids is 1. The maximum absolute atomic E-state index is 13.5. The number of carboxylic acid groups (broad SMARTS) is 1. The molecule has 3 aromatic carbocycles. The van der Waals surface area contributed by atoms with Crippen LogP contribution in [0.15, 0.2) is 72.8 Å². The summed E-state index contributed by atoms with van der Waals surface area (Å²) < 4.78 is 0. The van der Waals surface area contributed by atoms with E-state index in [1.54, 1.807) is 18.2 Å². The number of benzene rings is 3. The fraction of sp³-hybridized carbons (Fsp3) is 0.286. The van der Waals surface area contributed by atoms with Gasteiger partial charge in [0.25, 0.3) is 0 Å². The molecule has 31 heavy (non-hydrogen) atoms. The lowest BCUT2D eigenvalue weighted by Gasteiger charge is -2.18. The molecule has 3 rings (SSSR count). The number of hydrogen-bond donors (Lipinski definition) is 1. The largest absolute Gasteiger partial charge is 0.478 e. The standard InChI is InChI=1S/C28H30O3/c1-3-5-11-20(4-2)18-23-19-22(21-12-7-6-8-13-21)16-17-24(23)27(29)25-14-9-10-15-26(25)28(30)31/h6-10,12-17,19-20H,3-5,11,18H2,1-2H3,(H,30,31). The number of ketones is 1. The van der Waals surface area contributed by atoms with Crippen LogP contribution >= 0.6 is 0 Å². The quantitative estimate of drug-likeness (QED) is 0.362. The lowest BCUT2D eigenvalue weighted by atomic mass is 9.85. The normalized spacial score (nSPS) is 11.8. The van der Waals surface area contributed by atoms with E-state index in [2.05, 4.69) is 32.0 Å². The molecule has 0 heterocycles. The van der Waals surface area contributed by atoms with Crippen LogP contribution in [-0.2, 0) is 6.42 Å². The van der Waals surface area contributed by atoms with Gasteiger partial charge in [-0.2, -0.15) is 0 Å². The molecular formula is C28H30O3. The van der Waals surface area contributed by atoms with E-state index in [-0.39, 0.29) is 16.9 Å². The summed E-state index contributed by atoms with van der Waals surface area (Å²) in [6.45, 7) is 4.39. The van der Waals surface area contributed by atoms with Gasteiger partial charge in [0.1, 0.15) is 0 Å². The minimum absolute atomic E-state index is 0.0450. The predicted molar refractivity (Wildman–Crippen MR) is 126 cm³/mol. The monoisotopic (exact) mass is 414 g/mol. The van der Waals surface area contributed by atoms with Crippen molar-refractivity contribution in [1.82, 2.24) is 0 Å². The number of carbonyl (C=O) groups is 2. The van der Waals surface area contributed by atoms with Gasteiger partial charge in [-0.3, -0.25) is 4.79 Å². The first-order valence-corrected chi connectivity index (χ1v) is 11.1. The van der Waals surface area contributed by atoms with Gasteiger partial charge in [0.15, 0.2) is 5.78 Å². The van der Waals surface area contributed by atoms with Gasteiger partial charge in [0, 0.05) is 11.1 Å². The Morgan fingerprint density at radius 1 is 0.806 bits per heavy atom. The second-order valence-corrected chi connectivity index (χ2v) is 8.04. The van der Waals surface area contributed by atoms with Crippen molar-refractivity contribution >= 4 is 11.8 Å². The third-order valence-electron chi connectivity index (χ3n) is 5.91. The van der Waals surface area contributed by atoms with Crippen LogP contribution in [0.2, 0.25) is 0 Å². The van der Waals surface area contributed by atoms with E-state index in [1.165, 1.54) is 12.5 Å². The van der Waals surface area contributed by atoms with Crippen molar-refractivity contribution in [2.75, 3.05) is 0 Å². The molecule has 0 radical (unpaired) electrons. The van der Waals surface area contributed by atoms with Crippen molar-refractivity contribution in [3.63, 3.8) is 0 Å². The summed E-state index contributed by atoms with van der Waals surface area (Å²) in [7, 11) is 0. The molecule has 3 heteroatoms. The van der Waals surface area contributed by atoms with Gasteiger partial charge in [-0.1, -0.05) is 106 Å². The lowest BCUT2D eigenvalue weighted by molar-refractivity contribution is 0.0692. The van der Waals surface area contributed by atoms with Gasteiger partial charge in [0.2, 0.25) is 0 Å². The number of rotatable bonds is 10. The van der Waals surface area contributed by atoms with E-state index in [4.69, 9.17) is 0 Å². The molecule has 1 unspecified atom stereocenters. The van der Waals surface area contributed by atoms with E-state index in [0.717, 1.165) is 42.4 Å². The highest BCUT2D eigenvalue weighted by Crippen LogP contribution is 2.28. The Balaban J connectivity index is 2.06. The molecule has 3 aromatic rings. The van der Waals surface area contributed by atoms with Gasteiger partial charge in [-0.05, 0) is 35.1 Å². The third kappa shape index (κ3) is 5.49. The number of carbonyl (C=O) groups excluding carboxylic acids is 1. The summed E-state index contributed by atoms with van der Waals surface area (Å²) in [5, 5.41) is 9.55. The van der Waals surface area contributed by atoms with Gasteiger partial charge >= 0.3 is 5.97 Å². The molecule has 0 saturated carbocycles. The van der Waals surface area contributed by atoms with E-state index in [9.17, 15) is 14.7 Å². The Kier molecular flexibility index (Phi) is 7.77. The molecule has 1 atom stereocenters. The van der Waals surface area contributed by atoms with Crippen molar-refractivity contribution in [1.29, 1.82) is 0 Å². The zero-order chi connectivity index (χ0) is 22.2. The predicted octanol–water partition coefficient (Wildman–Crippen LogP) is 7.04. The van der Waals surface area contributed by atoms with Crippen molar-refractivity contribution in [3.05, 3.63) is 95.1 Å². The summed E-state index contributed by atoms with van der Waals surface area (Å²) in [6, 6.07) is 22.5. The Morgan fingerprint density at radius 2 is 1.48 bits per heavy atom. The fourth-order valence-corrected chi connectivity index (χ4v) is 4.06. The van der Waals surface area contributed by atoms with Crippen LogP contribution < -0.4 is 0 Å². The van der Waals surface area contributed by atoms with Crippen molar-refractivity contribution in [3.8, 4) is 11.1 Å². The van der Waals surface area contributed by atoms with Crippen molar-refractivity contribution < 1.29 is 14.7 Å². The molecular weight excluding hydrogens is 384 g/mol. The Morgan fingerprint density at radius 3 is 2.13 bits per heavy atom. The number of aromatic carboxylic acids is 1. The summed E-state index contributed by atoms with van der Waals surface area (Å²) in [4.78, 5) is 25.1. The van der Waals surface area contributed by atoms with Gasteiger partial charge < -0.3 is 5.11 Å². The van der Waals surface area contributed by atoms with E-state index < -0.39 is 5.97 Å². The molecule has 0 amide bonds. The van der Waals surface area contributed by atoms with Gasteiger partial charge in [-0.25, -0.2) is 4.79 Å². The first kappa shape index (κ1) is 22.5. The second kappa shape index (κ2) is 10.7. The highest BCUT2D eigenvalue weighted by atomic mass is 16.4. The molecule has 0 spiro atoms. The van der Waals surface area contributed by atoms with Gasteiger partial charge in [0.05, 0.1) is 5.56 Å². The molecule has 0 bridgehead atoms. The van der Waals surface area contributed by atoms with Crippen LogP contribution in [0.4, 0.5) is 0 Å². The van der Waals surface area contributed by atoms with Gasteiger partial charge in [-0.15, -0.1) is 0 Å². The minimum Gasteiger partial charge on any atom is -0.478 e. The summed E-state index contributed by atoms with van der Waals surface area (Å²) in [5.41, 5.74) is 4.06. The fourth-order valence-electron chi connectivity index (χ4n) is 4.06. The summed E-state index contributed by atoms with van der Waals surface area (Å²) in [6.07, 6.45) is 5.31. The molecule has 3 nitrogen and oxygen atoms in total. The molecule has 0 aliphatic rings. The minimum atomic E-state index is -1.08. The lowest BCUT2D eigenvalue weighted by Crippen LogP contribution is -2.13. The van der Waals surface area contributed by atoms with Crippen LogP contribution in [0.3, 0.4) is 0 Å². The van der Waals surface area contributed by atoms with Crippen molar-refractivity contribution in [2.45, 2.75) is 46.0 Å². The first-order chi connectivity index (χ1) is 15.0. The summed E-state index contributed by atoms with van der Waals surface area (Å²) >= 11 is 0. The van der Waals surface area contributed by atoms with E-state index >= 15 is 0 Å². The van der Waals surface area contributed by atoms with Crippen molar-refractivity contribution in [2.24, 2.45) is 5.92 Å². The average Bonchev–Trinajstić information content (AvgIpc) is 2.81. The zero-order valence-corrected chi connectivity index (χ0v) is 18.3. The highest BCUT2D eigenvalue weighted by molar-refractivity contribution is 6.15. The average molecular weight is 415 g/mol. The molecule has 0 aromatic heterocycles. The smallest absolute Gasteiger partial charge is 0.336 e. The molecule has 160 valence electrons. The molecule has 0 aliphatic heterocycles. The maximum atomic E-state index is 13.5. The molecule has 0 fully saturated rings. The third-order valence-corrected chi connectivity index (χ3v) is 5.91. The maximum Gasteiger partial charge on any atom is 0.336 e. The first-order valence-electron chi connectivity index (χ1n) is 11.1. The second-order valence-electron chi connectivity index (χ2n) is 8.04.